The number of thiazole rings is 1. The highest BCUT2D eigenvalue weighted by molar-refractivity contribution is 7.18. The average molecular weight is 416 g/mol. The van der Waals surface area contributed by atoms with E-state index in [1.54, 1.807) is 6.20 Å². The third kappa shape index (κ3) is 3.42. The minimum absolute atomic E-state index is 0. The first kappa shape index (κ1) is 19.3. The van der Waals surface area contributed by atoms with Crippen molar-refractivity contribution in [3.63, 3.8) is 0 Å². The number of aromatic nitrogens is 5. The summed E-state index contributed by atoms with van der Waals surface area (Å²) in [5, 5.41) is 21.6. The Kier molecular flexibility index (Phi) is 4.92. The summed E-state index contributed by atoms with van der Waals surface area (Å²) in [6.07, 6.45) is 3.76. The van der Waals surface area contributed by atoms with Crippen molar-refractivity contribution in [2.75, 3.05) is 24.6 Å². The standard InChI is InChI=1S/C18H18N6O3S.H2O/c25-15(26)10-24-21-16(20-22-24)14-9-19-17(28-14)23-7-5-18(6-8-23)11-27-13-4-2-1-3-12(13)18;/h1-4,9H,5-8,10-11H2,(H,25,26);1H2. The van der Waals surface area contributed by atoms with Gasteiger partial charge in [0.15, 0.2) is 11.7 Å². The summed E-state index contributed by atoms with van der Waals surface area (Å²) in [5.41, 5.74) is 1.43. The van der Waals surface area contributed by atoms with Crippen LogP contribution in [-0.2, 0) is 16.8 Å². The zero-order valence-electron chi connectivity index (χ0n) is 15.5. The van der Waals surface area contributed by atoms with Crippen LogP contribution >= 0.6 is 11.3 Å². The molecule has 0 bridgehead atoms. The molecule has 4 heterocycles. The number of para-hydroxylation sites is 1. The van der Waals surface area contributed by atoms with Crippen molar-refractivity contribution in [1.82, 2.24) is 25.2 Å². The van der Waals surface area contributed by atoms with Crippen LogP contribution in [0.25, 0.3) is 10.7 Å². The molecular weight excluding hydrogens is 396 g/mol. The number of hydrogen-bond acceptors (Lipinski definition) is 8. The number of nitrogens with zero attached hydrogens (tertiary/aromatic N) is 6. The molecule has 10 nitrogen and oxygen atoms in total. The van der Waals surface area contributed by atoms with E-state index in [0.29, 0.717) is 5.82 Å². The lowest BCUT2D eigenvalue weighted by Crippen LogP contribution is -2.43. The van der Waals surface area contributed by atoms with E-state index in [4.69, 9.17) is 9.84 Å². The van der Waals surface area contributed by atoms with Crippen molar-refractivity contribution in [2.45, 2.75) is 24.8 Å². The van der Waals surface area contributed by atoms with Crippen molar-refractivity contribution in [3.05, 3.63) is 36.0 Å². The summed E-state index contributed by atoms with van der Waals surface area (Å²) in [7, 11) is 0. The highest BCUT2D eigenvalue weighted by Crippen LogP contribution is 2.46. The van der Waals surface area contributed by atoms with Gasteiger partial charge >= 0.3 is 5.97 Å². The van der Waals surface area contributed by atoms with Crippen molar-refractivity contribution >= 4 is 22.4 Å². The van der Waals surface area contributed by atoms with Crippen LogP contribution in [0.4, 0.5) is 5.13 Å². The number of carbonyl (C=O) groups is 1. The van der Waals surface area contributed by atoms with Crippen molar-refractivity contribution in [2.24, 2.45) is 0 Å². The third-order valence-corrected chi connectivity index (χ3v) is 6.45. The normalized spacial score (nSPS) is 16.9. The predicted octanol–water partition coefficient (Wildman–Crippen LogP) is 0.987. The van der Waals surface area contributed by atoms with E-state index in [9.17, 15) is 4.79 Å². The van der Waals surface area contributed by atoms with Crippen LogP contribution in [0.3, 0.4) is 0 Å². The van der Waals surface area contributed by atoms with Gasteiger partial charge < -0.3 is 20.2 Å². The molecule has 1 aromatic carbocycles. The minimum atomic E-state index is -1.01. The largest absolute Gasteiger partial charge is 0.492 e. The first-order valence-electron chi connectivity index (χ1n) is 9.06. The summed E-state index contributed by atoms with van der Waals surface area (Å²) in [6.45, 7) is 2.25. The Balaban J connectivity index is 0.00000205. The SMILES string of the molecule is O.O=C(O)Cn1nnc(-c2cnc(N3CCC4(CC3)COc3ccccc34)s2)n1. The molecule has 2 aliphatic rings. The van der Waals surface area contributed by atoms with E-state index in [2.05, 4.69) is 37.4 Å². The van der Waals surface area contributed by atoms with Gasteiger partial charge in [-0.15, -0.1) is 10.2 Å². The van der Waals surface area contributed by atoms with Crippen molar-refractivity contribution < 1.29 is 20.1 Å². The second-order valence-electron chi connectivity index (χ2n) is 7.10. The summed E-state index contributed by atoms with van der Waals surface area (Å²) in [5.74, 6) is 0.410. The van der Waals surface area contributed by atoms with E-state index in [0.717, 1.165) is 53.1 Å². The molecule has 0 aliphatic carbocycles. The fourth-order valence-corrected chi connectivity index (χ4v) is 4.80. The van der Waals surface area contributed by atoms with E-state index in [1.807, 2.05) is 12.1 Å². The first-order chi connectivity index (χ1) is 13.6. The molecule has 0 radical (unpaired) electrons. The van der Waals surface area contributed by atoms with Gasteiger partial charge in [-0.1, -0.05) is 29.5 Å². The molecule has 2 aromatic heterocycles. The number of piperidine rings is 1. The molecule has 152 valence electrons. The van der Waals surface area contributed by atoms with Gasteiger partial charge in [0.25, 0.3) is 0 Å². The molecule has 0 atom stereocenters. The van der Waals surface area contributed by atoms with E-state index in [1.165, 1.54) is 16.9 Å². The van der Waals surface area contributed by atoms with Crippen LogP contribution in [0, 0.1) is 0 Å². The second kappa shape index (κ2) is 7.41. The van der Waals surface area contributed by atoms with Crippen molar-refractivity contribution in [1.29, 1.82) is 0 Å². The molecule has 5 rings (SSSR count). The predicted molar refractivity (Wildman–Crippen MR) is 105 cm³/mol. The Morgan fingerprint density at radius 3 is 2.86 bits per heavy atom. The average Bonchev–Trinajstić information content (AvgIpc) is 3.42. The Morgan fingerprint density at radius 1 is 1.28 bits per heavy atom. The molecule has 1 saturated heterocycles. The molecule has 2 aliphatic heterocycles. The first-order valence-corrected chi connectivity index (χ1v) is 9.88. The molecule has 0 unspecified atom stereocenters. The topological polar surface area (TPSA) is 138 Å². The maximum atomic E-state index is 10.8. The lowest BCUT2D eigenvalue weighted by molar-refractivity contribution is -0.138. The second-order valence-corrected chi connectivity index (χ2v) is 8.11. The Bertz CT molecular complexity index is 1030. The number of carboxylic acid groups (broad SMARTS) is 1. The van der Waals surface area contributed by atoms with E-state index >= 15 is 0 Å². The monoisotopic (exact) mass is 416 g/mol. The Labute approximate surface area is 170 Å². The van der Waals surface area contributed by atoms with Gasteiger partial charge in [0.2, 0.25) is 5.82 Å². The van der Waals surface area contributed by atoms with Gasteiger partial charge in [0.05, 0.1) is 17.7 Å². The van der Waals surface area contributed by atoms with Crippen LogP contribution in [-0.4, -0.2) is 61.4 Å². The number of ether oxygens (including phenoxy) is 1. The molecule has 1 spiro atoms. The molecule has 3 aromatic rings. The lowest BCUT2D eigenvalue weighted by Gasteiger charge is -2.38. The maximum Gasteiger partial charge on any atom is 0.327 e. The minimum Gasteiger partial charge on any atom is -0.492 e. The number of rotatable bonds is 4. The van der Waals surface area contributed by atoms with Gasteiger partial charge in [-0.3, -0.25) is 4.79 Å². The summed E-state index contributed by atoms with van der Waals surface area (Å²) >= 11 is 1.50. The Hall–Kier alpha value is -3.05. The maximum absolute atomic E-state index is 10.8. The fraction of sp³-hybridized carbons (Fsp3) is 0.389. The molecular formula is C18H20N6O4S. The number of benzene rings is 1. The molecule has 0 amide bonds. The molecule has 3 N–H and O–H groups in total. The van der Waals surface area contributed by atoms with Crippen LogP contribution < -0.4 is 9.64 Å². The van der Waals surface area contributed by atoms with Gasteiger partial charge in [-0.25, -0.2) is 4.98 Å². The van der Waals surface area contributed by atoms with Crippen LogP contribution in [0.2, 0.25) is 0 Å². The molecule has 0 saturated carbocycles. The zero-order valence-corrected chi connectivity index (χ0v) is 16.3. The molecule has 1 fully saturated rings. The number of anilines is 1. The van der Waals surface area contributed by atoms with Crippen molar-refractivity contribution in [3.8, 4) is 16.5 Å². The fourth-order valence-electron chi connectivity index (χ4n) is 3.91. The number of tetrazole rings is 1. The number of carboxylic acids is 1. The van der Waals surface area contributed by atoms with Crippen LogP contribution in [0.1, 0.15) is 18.4 Å². The van der Waals surface area contributed by atoms with E-state index < -0.39 is 5.97 Å². The Morgan fingerprint density at radius 2 is 2.07 bits per heavy atom. The van der Waals surface area contributed by atoms with Crippen LogP contribution in [0.5, 0.6) is 5.75 Å². The van der Waals surface area contributed by atoms with Gasteiger partial charge in [0, 0.05) is 24.1 Å². The highest BCUT2D eigenvalue weighted by atomic mass is 32.1. The smallest absolute Gasteiger partial charge is 0.327 e. The lowest BCUT2D eigenvalue weighted by atomic mass is 9.74. The zero-order chi connectivity index (χ0) is 19.1. The van der Waals surface area contributed by atoms with Gasteiger partial charge in [-0.2, -0.15) is 4.80 Å². The number of hydrogen-bond donors (Lipinski definition) is 1. The quantitative estimate of drug-likeness (QED) is 0.664. The van der Waals surface area contributed by atoms with Gasteiger partial charge in [-0.05, 0) is 24.1 Å². The van der Waals surface area contributed by atoms with E-state index in [-0.39, 0.29) is 17.4 Å². The number of aliphatic carboxylic acids is 1. The highest BCUT2D eigenvalue weighted by Gasteiger charge is 2.43. The third-order valence-electron chi connectivity index (χ3n) is 5.40. The molecule has 11 heteroatoms. The number of fused-ring (bicyclic) bond motifs is 2. The summed E-state index contributed by atoms with van der Waals surface area (Å²) < 4.78 is 5.93. The van der Waals surface area contributed by atoms with Crippen LogP contribution in [0.15, 0.2) is 30.5 Å². The summed E-state index contributed by atoms with van der Waals surface area (Å²) in [6, 6.07) is 8.34. The molecule has 29 heavy (non-hydrogen) atoms. The van der Waals surface area contributed by atoms with Gasteiger partial charge in [0.1, 0.15) is 5.75 Å². The summed E-state index contributed by atoms with van der Waals surface area (Å²) in [4.78, 5) is 19.4.